The number of carbonyl (C=O) groups excluding carboxylic acids is 1. The van der Waals surface area contributed by atoms with Gasteiger partial charge in [-0.1, -0.05) is 276 Å². The first-order valence-electron chi connectivity index (χ1n) is 27.2. The summed E-state index contributed by atoms with van der Waals surface area (Å²) in [4.78, 5) is 12.5. The van der Waals surface area contributed by atoms with Crippen LogP contribution >= 0.6 is 0 Å². The second-order valence-electron chi connectivity index (χ2n) is 18.8. The molecule has 0 heterocycles. The van der Waals surface area contributed by atoms with E-state index in [9.17, 15) is 20.1 Å². The van der Waals surface area contributed by atoms with Gasteiger partial charge in [-0.25, -0.2) is 0 Å². The quantitative estimate of drug-likeness (QED) is 0.0363. The maximum absolute atomic E-state index is 12.5. The number of nitrogens with one attached hydrogen (secondary N) is 1. The van der Waals surface area contributed by atoms with E-state index in [1.54, 1.807) is 6.08 Å². The Morgan fingerprint density at radius 3 is 0.967 bits per heavy atom. The molecule has 0 bridgehead atoms. The van der Waals surface area contributed by atoms with Crippen molar-refractivity contribution in [2.75, 3.05) is 6.61 Å². The number of carbonyl (C=O) groups is 1. The maximum Gasteiger partial charge on any atom is 0.249 e. The van der Waals surface area contributed by atoms with E-state index in [1.807, 2.05) is 6.08 Å². The van der Waals surface area contributed by atoms with Gasteiger partial charge in [0.1, 0.15) is 6.10 Å². The van der Waals surface area contributed by atoms with Crippen LogP contribution in [0.2, 0.25) is 0 Å². The van der Waals surface area contributed by atoms with Gasteiger partial charge in [0.05, 0.1) is 18.8 Å². The Hall–Kier alpha value is -1.17. The highest BCUT2D eigenvalue weighted by atomic mass is 16.3. The van der Waals surface area contributed by atoms with Crippen LogP contribution in [0.4, 0.5) is 0 Å². The fourth-order valence-electron chi connectivity index (χ4n) is 8.54. The molecule has 0 aliphatic carbocycles. The van der Waals surface area contributed by atoms with Crippen molar-refractivity contribution in [3.05, 3.63) is 24.3 Å². The molecular weight excluding hydrogens is 739 g/mol. The number of allylic oxidation sites excluding steroid dienone is 3. The van der Waals surface area contributed by atoms with Crippen molar-refractivity contribution in [3.8, 4) is 0 Å². The first-order valence-corrected chi connectivity index (χ1v) is 27.2. The molecule has 1 amide bonds. The highest BCUT2D eigenvalue weighted by molar-refractivity contribution is 5.80. The average Bonchev–Trinajstić information content (AvgIpc) is 3.25. The van der Waals surface area contributed by atoms with Crippen LogP contribution in [0.5, 0.6) is 0 Å². The van der Waals surface area contributed by atoms with Gasteiger partial charge in [-0.15, -0.1) is 0 Å². The van der Waals surface area contributed by atoms with E-state index in [2.05, 4.69) is 31.3 Å². The minimum Gasteiger partial charge on any atom is -0.394 e. The summed E-state index contributed by atoms with van der Waals surface area (Å²) in [6, 6.07) is -0.795. The van der Waals surface area contributed by atoms with Crippen molar-refractivity contribution in [1.29, 1.82) is 0 Å². The number of aliphatic hydroxyl groups is 3. The smallest absolute Gasteiger partial charge is 0.249 e. The largest absolute Gasteiger partial charge is 0.394 e. The molecule has 0 aliphatic heterocycles. The van der Waals surface area contributed by atoms with Gasteiger partial charge >= 0.3 is 0 Å². The first kappa shape index (κ1) is 58.8. The Labute approximate surface area is 375 Å². The zero-order valence-electron chi connectivity index (χ0n) is 40.6. The molecule has 0 aromatic heterocycles. The second-order valence-corrected chi connectivity index (χ2v) is 18.8. The Bertz CT molecular complexity index is 890. The topological polar surface area (TPSA) is 89.8 Å². The highest BCUT2D eigenvalue weighted by Gasteiger charge is 2.22. The fourth-order valence-corrected chi connectivity index (χ4v) is 8.54. The number of rotatable bonds is 50. The normalized spacial score (nSPS) is 13.5. The summed E-state index contributed by atoms with van der Waals surface area (Å²) in [5.41, 5.74) is 0. The fraction of sp³-hybridized carbons (Fsp3) is 0.909. The van der Waals surface area contributed by atoms with Crippen LogP contribution in [-0.4, -0.2) is 46.1 Å². The molecule has 0 saturated carbocycles. The van der Waals surface area contributed by atoms with Crippen molar-refractivity contribution in [2.45, 2.75) is 315 Å². The number of aliphatic hydroxyl groups excluding tert-OH is 3. The summed E-state index contributed by atoms with van der Waals surface area (Å²) in [7, 11) is 0. The Balaban J connectivity index is 3.52. The van der Waals surface area contributed by atoms with Crippen LogP contribution in [0.3, 0.4) is 0 Å². The molecule has 3 atom stereocenters. The summed E-state index contributed by atoms with van der Waals surface area (Å²) in [6.45, 7) is 4.21. The zero-order valence-corrected chi connectivity index (χ0v) is 40.6. The van der Waals surface area contributed by atoms with Crippen molar-refractivity contribution in [3.63, 3.8) is 0 Å². The third-order valence-corrected chi connectivity index (χ3v) is 12.8. The maximum atomic E-state index is 12.5. The lowest BCUT2D eigenvalue weighted by Crippen LogP contribution is -2.48. The van der Waals surface area contributed by atoms with Crippen LogP contribution in [0.25, 0.3) is 0 Å². The van der Waals surface area contributed by atoms with Crippen LogP contribution in [-0.2, 0) is 4.79 Å². The molecule has 356 valence electrons. The van der Waals surface area contributed by atoms with Crippen LogP contribution in [0, 0.1) is 0 Å². The zero-order chi connectivity index (χ0) is 43.7. The minimum absolute atomic E-state index is 0.361. The lowest BCUT2D eigenvalue weighted by molar-refractivity contribution is -0.131. The molecule has 0 spiro atoms. The summed E-state index contributed by atoms with van der Waals surface area (Å²) in [5.74, 6) is -0.499. The molecule has 60 heavy (non-hydrogen) atoms. The molecular formula is C55H107NO4. The van der Waals surface area contributed by atoms with Gasteiger partial charge in [-0.05, 0) is 44.9 Å². The summed E-state index contributed by atoms with van der Waals surface area (Å²) in [5, 5.41) is 33.3. The second kappa shape index (κ2) is 50.5. The third-order valence-electron chi connectivity index (χ3n) is 12.8. The lowest BCUT2D eigenvalue weighted by atomic mass is 10.0. The van der Waals surface area contributed by atoms with Gasteiger partial charge in [0.15, 0.2) is 0 Å². The SMILES string of the molecule is CCCCCCCCCCCCCC/C=C\CCCCCCCCCCCCCCCCCC(O)C(=O)NC(CO)C(O)/C=C/CCCCCCCCCCCCCCC. The monoisotopic (exact) mass is 846 g/mol. The number of hydrogen-bond donors (Lipinski definition) is 4. The van der Waals surface area contributed by atoms with Gasteiger partial charge in [-0.3, -0.25) is 4.79 Å². The van der Waals surface area contributed by atoms with Crippen molar-refractivity contribution in [2.24, 2.45) is 0 Å². The third kappa shape index (κ3) is 44.9. The molecule has 4 N–H and O–H groups in total. The van der Waals surface area contributed by atoms with Crippen LogP contribution in [0.15, 0.2) is 24.3 Å². The predicted octanol–water partition coefficient (Wildman–Crippen LogP) is 16.5. The van der Waals surface area contributed by atoms with E-state index in [0.29, 0.717) is 6.42 Å². The average molecular weight is 846 g/mol. The van der Waals surface area contributed by atoms with E-state index in [1.165, 1.54) is 244 Å². The molecule has 0 aromatic carbocycles. The van der Waals surface area contributed by atoms with Gasteiger partial charge < -0.3 is 20.6 Å². The highest BCUT2D eigenvalue weighted by Crippen LogP contribution is 2.17. The molecule has 0 radical (unpaired) electrons. The number of amides is 1. The summed E-state index contributed by atoms with van der Waals surface area (Å²) < 4.78 is 0. The number of hydrogen-bond acceptors (Lipinski definition) is 4. The molecule has 0 aromatic rings. The van der Waals surface area contributed by atoms with E-state index < -0.39 is 24.2 Å². The molecule has 5 nitrogen and oxygen atoms in total. The standard InChI is InChI=1S/C55H107NO4/c1-3-5-7-9-11-13-15-17-19-20-21-22-23-24-25-26-27-28-29-30-31-32-33-34-36-38-40-42-44-46-48-50-54(59)55(60)56-52(51-57)53(58)49-47-45-43-41-39-37-35-18-16-14-12-10-8-6-4-2/h24-25,47,49,52-54,57-59H,3-23,26-46,48,50-51H2,1-2H3,(H,56,60)/b25-24-,49-47+. The summed E-state index contributed by atoms with van der Waals surface area (Å²) in [6.07, 6.45) is 64.0. The Morgan fingerprint density at radius 1 is 0.400 bits per heavy atom. The van der Waals surface area contributed by atoms with E-state index in [4.69, 9.17) is 0 Å². The van der Waals surface area contributed by atoms with E-state index in [-0.39, 0.29) is 6.61 Å². The molecule has 0 rings (SSSR count). The Morgan fingerprint density at radius 2 is 0.667 bits per heavy atom. The minimum atomic E-state index is -1.10. The van der Waals surface area contributed by atoms with Crippen molar-refractivity contribution < 1.29 is 20.1 Å². The van der Waals surface area contributed by atoms with Gasteiger partial charge in [0.25, 0.3) is 0 Å². The molecule has 0 aliphatic rings. The lowest BCUT2D eigenvalue weighted by Gasteiger charge is -2.21. The predicted molar refractivity (Wildman–Crippen MR) is 264 cm³/mol. The van der Waals surface area contributed by atoms with Crippen molar-refractivity contribution in [1.82, 2.24) is 5.32 Å². The van der Waals surface area contributed by atoms with Crippen LogP contribution in [0.1, 0.15) is 296 Å². The molecule has 5 heteroatoms. The van der Waals surface area contributed by atoms with E-state index in [0.717, 1.165) is 32.1 Å². The summed E-state index contributed by atoms with van der Waals surface area (Å²) >= 11 is 0. The van der Waals surface area contributed by atoms with Crippen molar-refractivity contribution >= 4 is 5.91 Å². The molecule has 0 saturated heterocycles. The van der Waals surface area contributed by atoms with Gasteiger partial charge in [-0.2, -0.15) is 0 Å². The first-order chi connectivity index (χ1) is 29.6. The molecule has 3 unspecified atom stereocenters. The molecule has 0 fully saturated rings. The Kier molecular flexibility index (Phi) is 49.5. The number of unbranched alkanes of at least 4 members (excludes halogenated alkanes) is 40. The van der Waals surface area contributed by atoms with Gasteiger partial charge in [0.2, 0.25) is 5.91 Å². The van der Waals surface area contributed by atoms with Gasteiger partial charge in [0, 0.05) is 0 Å². The van der Waals surface area contributed by atoms with Crippen LogP contribution < -0.4 is 5.32 Å². The van der Waals surface area contributed by atoms with E-state index >= 15 is 0 Å².